The quantitative estimate of drug-likeness (QED) is 0.705. The van der Waals surface area contributed by atoms with Crippen molar-refractivity contribution in [3.05, 3.63) is 35.7 Å². The summed E-state index contributed by atoms with van der Waals surface area (Å²) in [6, 6.07) is 3.78. The molecule has 1 aromatic carbocycles. The average molecular weight is 409 g/mol. The highest BCUT2D eigenvalue weighted by atomic mass is 32.2. The van der Waals surface area contributed by atoms with Gasteiger partial charge < -0.3 is 4.74 Å². The van der Waals surface area contributed by atoms with Crippen molar-refractivity contribution in [1.82, 2.24) is 9.78 Å². The van der Waals surface area contributed by atoms with Crippen LogP contribution in [-0.4, -0.2) is 33.5 Å². The zero-order valence-corrected chi connectivity index (χ0v) is 15.8. The number of aliphatic imine (C=N–C) groups is 1. The monoisotopic (exact) mass is 409 g/mol. The molecule has 0 spiro atoms. The molecule has 1 aromatic heterocycles. The molecule has 2 aliphatic rings. The van der Waals surface area contributed by atoms with Gasteiger partial charge in [-0.1, -0.05) is 0 Å². The minimum atomic E-state index is -4.81. The first-order valence-corrected chi connectivity index (χ1v) is 9.16. The number of benzene rings is 1. The summed E-state index contributed by atoms with van der Waals surface area (Å²) < 4.78 is 42.7. The zero-order valence-electron chi connectivity index (χ0n) is 15.0. The summed E-state index contributed by atoms with van der Waals surface area (Å²) in [4.78, 5) is 29.6. The molecule has 2 aromatic rings. The molecule has 0 bridgehead atoms. The van der Waals surface area contributed by atoms with Gasteiger partial charge in [-0.15, -0.1) is 24.9 Å². The minimum Gasteiger partial charge on any atom is -0.406 e. The van der Waals surface area contributed by atoms with E-state index in [-0.39, 0.29) is 23.2 Å². The van der Waals surface area contributed by atoms with Gasteiger partial charge in [-0.25, -0.2) is 9.67 Å². The number of carbonyl (C=O) groups excluding carboxylic acids is 2. The van der Waals surface area contributed by atoms with Gasteiger partial charge >= 0.3 is 6.36 Å². The fraction of sp³-hybridized carbons (Fsp3) is 0.333. The Morgan fingerprint density at radius 2 is 2.04 bits per heavy atom. The molecule has 1 unspecified atom stereocenters. The van der Waals surface area contributed by atoms with E-state index >= 15 is 0 Å². The summed E-state index contributed by atoms with van der Waals surface area (Å²) in [5, 5.41) is 3.71. The van der Waals surface area contributed by atoms with E-state index in [0.29, 0.717) is 21.8 Å². The van der Waals surface area contributed by atoms with Crippen LogP contribution in [0.5, 0.6) is 5.75 Å². The molecular formula is C18H14F3N3O3S. The highest BCUT2D eigenvalue weighted by Crippen LogP contribution is 2.52. The number of thioether (sulfide) groups is 1. The topological polar surface area (TPSA) is 73.6 Å². The lowest BCUT2D eigenvalue weighted by Gasteiger charge is -2.35. The molecule has 1 atom stereocenters. The van der Waals surface area contributed by atoms with Crippen molar-refractivity contribution in [2.45, 2.75) is 42.7 Å². The van der Waals surface area contributed by atoms with Gasteiger partial charge in [0.25, 0.3) is 0 Å². The number of nitrogens with zero attached hydrogens (tertiary/aromatic N) is 3. The maximum atomic E-state index is 13.0. The summed E-state index contributed by atoms with van der Waals surface area (Å²) in [7, 11) is 0. The van der Waals surface area contributed by atoms with Gasteiger partial charge in [0, 0.05) is 23.6 Å². The van der Waals surface area contributed by atoms with Gasteiger partial charge in [0.05, 0.1) is 22.0 Å². The number of ketones is 1. The largest absolute Gasteiger partial charge is 0.573 e. The SMILES string of the molecule is CC(=O)n1cc2c(n1)C1Sc3cc(OC(F)(F)F)ccc3N=C1C(=O)C2(C)C. The number of ether oxygens (including phenoxy) is 1. The molecule has 0 fully saturated rings. The first kappa shape index (κ1) is 18.7. The number of Topliss-reactive ketones (excluding diaryl/α,β-unsaturated/α-hetero) is 1. The van der Waals surface area contributed by atoms with Gasteiger partial charge in [0.1, 0.15) is 11.5 Å². The van der Waals surface area contributed by atoms with Crippen molar-refractivity contribution in [2.75, 3.05) is 0 Å². The lowest BCUT2D eigenvalue weighted by Crippen LogP contribution is -2.43. The second-order valence-corrected chi connectivity index (χ2v) is 8.16. The maximum absolute atomic E-state index is 13.0. The molecule has 2 heterocycles. The Labute approximate surface area is 161 Å². The lowest BCUT2D eigenvalue weighted by atomic mass is 9.73. The van der Waals surface area contributed by atoms with Crippen molar-refractivity contribution >= 4 is 34.9 Å². The zero-order chi connectivity index (χ0) is 20.4. The van der Waals surface area contributed by atoms with Crippen molar-refractivity contribution in [2.24, 2.45) is 4.99 Å². The fourth-order valence-corrected chi connectivity index (χ4v) is 4.50. The van der Waals surface area contributed by atoms with Gasteiger partial charge in [-0.05, 0) is 32.0 Å². The van der Waals surface area contributed by atoms with E-state index in [2.05, 4.69) is 14.8 Å². The Morgan fingerprint density at radius 3 is 2.68 bits per heavy atom. The molecule has 10 heteroatoms. The minimum absolute atomic E-state index is 0.207. The van der Waals surface area contributed by atoms with Crippen molar-refractivity contribution in [3.63, 3.8) is 0 Å². The summed E-state index contributed by atoms with van der Waals surface area (Å²) in [5.74, 6) is -0.880. The van der Waals surface area contributed by atoms with Crippen LogP contribution >= 0.6 is 11.8 Å². The van der Waals surface area contributed by atoms with Crippen LogP contribution in [0.15, 0.2) is 34.3 Å². The lowest BCUT2D eigenvalue weighted by molar-refractivity contribution is -0.274. The molecular weight excluding hydrogens is 395 g/mol. The van der Waals surface area contributed by atoms with Gasteiger partial charge in [0.15, 0.2) is 5.78 Å². The van der Waals surface area contributed by atoms with E-state index in [1.165, 1.54) is 41.7 Å². The summed E-state index contributed by atoms with van der Waals surface area (Å²) in [6.07, 6.45) is -3.27. The van der Waals surface area contributed by atoms with Gasteiger partial charge in [0.2, 0.25) is 5.91 Å². The van der Waals surface area contributed by atoms with E-state index in [1.54, 1.807) is 13.8 Å². The van der Waals surface area contributed by atoms with E-state index in [9.17, 15) is 22.8 Å². The van der Waals surface area contributed by atoms with Crippen LogP contribution in [-0.2, 0) is 10.2 Å². The second kappa shape index (κ2) is 5.94. The van der Waals surface area contributed by atoms with Crippen LogP contribution in [0.25, 0.3) is 0 Å². The van der Waals surface area contributed by atoms with Crippen LogP contribution < -0.4 is 4.74 Å². The number of carbonyl (C=O) groups is 2. The van der Waals surface area contributed by atoms with Crippen LogP contribution in [0.4, 0.5) is 18.9 Å². The average Bonchev–Trinajstić information content (AvgIpc) is 3.04. The Kier molecular flexibility index (Phi) is 3.97. The third-order valence-electron chi connectivity index (χ3n) is 4.69. The first-order valence-electron chi connectivity index (χ1n) is 8.28. The van der Waals surface area contributed by atoms with Crippen LogP contribution in [0.3, 0.4) is 0 Å². The molecule has 0 amide bonds. The Bertz CT molecular complexity index is 1060. The smallest absolute Gasteiger partial charge is 0.406 e. The summed E-state index contributed by atoms with van der Waals surface area (Å²) in [6.45, 7) is 4.82. The molecule has 0 saturated heterocycles. The molecule has 1 aliphatic carbocycles. The molecule has 4 rings (SSSR count). The molecule has 146 valence electrons. The number of fused-ring (bicyclic) bond motifs is 4. The molecule has 0 N–H and O–H groups in total. The third kappa shape index (κ3) is 2.92. The molecule has 0 saturated carbocycles. The summed E-state index contributed by atoms with van der Waals surface area (Å²) >= 11 is 1.17. The van der Waals surface area contributed by atoms with E-state index < -0.39 is 17.0 Å². The second-order valence-electron chi connectivity index (χ2n) is 7.02. The van der Waals surface area contributed by atoms with Crippen molar-refractivity contribution < 1.29 is 27.5 Å². The van der Waals surface area contributed by atoms with Crippen LogP contribution in [0.2, 0.25) is 0 Å². The van der Waals surface area contributed by atoms with E-state index in [1.807, 2.05) is 0 Å². The van der Waals surface area contributed by atoms with Crippen molar-refractivity contribution in [3.8, 4) is 5.75 Å². The van der Waals surface area contributed by atoms with Crippen LogP contribution in [0.1, 0.15) is 42.1 Å². The van der Waals surface area contributed by atoms with Crippen molar-refractivity contribution in [1.29, 1.82) is 0 Å². The number of alkyl halides is 3. The summed E-state index contributed by atoms with van der Waals surface area (Å²) in [5.41, 5.74) is 0.861. The highest BCUT2D eigenvalue weighted by Gasteiger charge is 2.48. The number of aromatic nitrogens is 2. The van der Waals surface area contributed by atoms with Gasteiger partial charge in [-0.2, -0.15) is 5.10 Å². The number of rotatable bonds is 1. The third-order valence-corrected chi connectivity index (χ3v) is 5.95. The van der Waals surface area contributed by atoms with E-state index in [0.717, 1.165) is 6.07 Å². The predicted molar refractivity (Wildman–Crippen MR) is 95.4 cm³/mol. The highest BCUT2D eigenvalue weighted by molar-refractivity contribution is 8.00. The normalized spacial score (nSPS) is 20.0. The molecule has 6 nitrogen and oxygen atoms in total. The Hall–Kier alpha value is -2.62. The number of halogens is 3. The van der Waals surface area contributed by atoms with E-state index in [4.69, 9.17) is 0 Å². The molecule has 1 aliphatic heterocycles. The molecule has 0 radical (unpaired) electrons. The van der Waals surface area contributed by atoms with Gasteiger partial charge in [-0.3, -0.25) is 9.59 Å². The maximum Gasteiger partial charge on any atom is 0.573 e. The standard InChI is InChI=1S/C18H14F3N3O3S/c1-8(25)24-7-10-13(23-24)15-14(16(26)17(10,2)3)22-11-5-4-9(6-12(11)28-15)27-18(19,20)21/h4-7,15H,1-3H3. The fourth-order valence-electron chi connectivity index (χ4n) is 3.27. The Morgan fingerprint density at radius 1 is 1.32 bits per heavy atom. The number of hydrogen-bond donors (Lipinski definition) is 0. The first-order chi connectivity index (χ1) is 13.0. The number of hydrogen-bond acceptors (Lipinski definition) is 6. The predicted octanol–water partition coefficient (Wildman–Crippen LogP) is 4.22. The van der Waals surface area contributed by atoms with Crippen LogP contribution in [0, 0.1) is 0 Å². The Balaban J connectivity index is 1.83. The molecule has 28 heavy (non-hydrogen) atoms.